The van der Waals surface area contributed by atoms with E-state index in [0.717, 1.165) is 24.5 Å². The maximum absolute atomic E-state index is 13.6. The lowest BCUT2D eigenvalue weighted by Crippen LogP contribution is -2.45. The second-order valence-corrected chi connectivity index (χ2v) is 7.70. The minimum absolute atomic E-state index is 0.136. The quantitative estimate of drug-likeness (QED) is 0.769. The highest BCUT2D eigenvalue weighted by atomic mass is 32.2. The Morgan fingerprint density at radius 1 is 1.26 bits per heavy atom. The zero-order valence-corrected chi connectivity index (χ0v) is 16.3. The van der Waals surface area contributed by atoms with Crippen LogP contribution in [0.2, 0.25) is 0 Å². The molecule has 1 aliphatic rings. The molecule has 2 heterocycles. The van der Waals surface area contributed by atoms with Crippen molar-refractivity contribution in [3.63, 3.8) is 0 Å². The number of carbonyl (C=O) groups is 1. The van der Waals surface area contributed by atoms with Crippen LogP contribution in [-0.4, -0.2) is 41.9 Å². The molecule has 2 atom stereocenters. The molecule has 1 N–H and O–H groups in total. The summed E-state index contributed by atoms with van der Waals surface area (Å²) in [6, 6.07) is 10.4. The highest BCUT2D eigenvalue weighted by Gasteiger charge is 2.22. The lowest BCUT2D eigenvalue weighted by molar-refractivity contribution is -0.118. The standard InChI is InChI=1S/C20H24FN3O2S/c1-14-11-24(12-15(2)26-14)19-8-7-16(9-22-19)10-23-20(25)13-27-18-6-4-3-5-17(18)21/h3-9,14-15H,10-13H2,1-2H3,(H,23,25). The van der Waals surface area contributed by atoms with E-state index in [0.29, 0.717) is 11.4 Å². The van der Waals surface area contributed by atoms with E-state index in [9.17, 15) is 9.18 Å². The summed E-state index contributed by atoms with van der Waals surface area (Å²) >= 11 is 1.19. The van der Waals surface area contributed by atoms with Gasteiger partial charge in [0.15, 0.2) is 0 Å². The van der Waals surface area contributed by atoms with Gasteiger partial charge >= 0.3 is 0 Å². The number of amides is 1. The number of halogens is 1. The lowest BCUT2D eigenvalue weighted by Gasteiger charge is -2.36. The number of pyridine rings is 1. The maximum Gasteiger partial charge on any atom is 0.230 e. The highest BCUT2D eigenvalue weighted by molar-refractivity contribution is 8.00. The SMILES string of the molecule is CC1CN(c2ccc(CNC(=O)CSc3ccccc3F)cn2)CC(C)O1. The Morgan fingerprint density at radius 3 is 2.67 bits per heavy atom. The molecule has 2 unspecified atom stereocenters. The fraction of sp³-hybridized carbons (Fsp3) is 0.400. The summed E-state index contributed by atoms with van der Waals surface area (Å²) in [5.41, 5.74) is 0.928. The predicted molar refractivity (Wildman–Crippen MR) is 105 cm³/mol. The van der Waals surface area contributed by atoms with Crippen LogP contribution in [0.5, 0.6) is 0 Å². The van der Waals surface area contributed by atoms with Gasteiger partial charge in [-0.2, -0.15) is 0 Å². The van der Waals surface area contributed by atoms with Gasteiger partial charge in [-0.15, -0.1) is 11.8 Å². The molecule has 1 fully saturated rings. The largest absolute Gasteiger partial charge is 0.372 e. The Hall–Kier alpha value is -2.12. The number of anilines is 1. The predicted octanol–water partition coefficient (Wildman–Crippen LogP) is 3.24. The topological polar surface area (TPSA) is 54.5 Å². The zero-order chi connectivity index (χ0) is 19.2. The van der Waals surface area contributed by atoms with Gasteiger partial charge in [0.05, 0.1) is 18.0 Å². The molecule has 3 rings (SSSR count). The van der Waals surface area contributed by atoms with Crippen LogP contribution in [0.25, 0.3) is 0 Å². The van der Waals surface area contributed by atoms with Crippen LogP contribution in [0.15, 0.2) is 47.5 Å². The van der Waals surface area contributed by atoms with Gasteiger partial charge < -0.3 is 15.0 Å². The normalized spacial score (nSPS) is 19.7. The summed E-state index contributed by atoms with van der Waals surface area (Å²) in [5.74, 6) is 0.655. The van der Waals surface area contributed by atoms with Crippen molar-refractivity contribution in [2.45, 2.75) is 37.5 Å². The first-order chi connectivity index (χ1) is 13.0. The summed E-state index contributed by atoms with van der Waals surface area (Å²) in [5, 5.41) is 2.85. The zero-order valence-electron chi connectivity index (χ0n) is 15.5. The Bertz CT molecular complexity index is 762. The van der Waals surface area contributed by atoms with Gasteiger partial charge in [0.25, 0.3) is 0 Å². The van der Waals surface area contributed by atoms with Crippen molar-refractivity contribution in [3.8, 4) is 0 Å². The second kappa shape index (κ2) is 9.19. The smallest absolute Gasteiger partial charge is 0.230 e. The molecule has 144 valence electrons. The fourth-order valence-electron chi connectivity index (χ4n) is 3.03. The van der Waals surface area contributed by atoms with E-state index >= 15 is 0 Å². The van der Waals surface area contributed by atoms with Gasteiger partial charge in [0.2, 0.25) is 5.91 Å². The molecule has 1 aromatic heterocycles. The summed E-state index contributed by atoms with van der Waals surface area (Å²) in [7, 11) is 0. The molecule has 2 aromatic rings. The molecule has 0 aliphatic carbocycles. The van der Waals surface area contributed by atoms with Gasteiger partial charge in [0, 0.05) is 30.7 Å². The van der Waals surface area contributed by atoms with Crippen molar-refractivity contribution in [3.05, 3.63) is 54.0 Å². The van der Waals surface area contributed by atoms with Crippen molar-refractivity contribution in [2.75, 3.05) is 23.7 Å². The van der Waals surface area contributed by atoms with Gasteiger partial charge in [-0.1, -0.05) is 18.2 Å². The lowest BCUT2D eigenvalue weighted by atomic mass is 10.2. The summed E-state index contributed by atoms with van der Waals surface area (Å²) in [6.07, 6.45) is 2.15. The van der Waals surface area contributed by atoms with Gasteiger partial charge in [-0.3, -0.25) is 4.79 Å². The van der Waals surface area contributed by atoms with Crippen LogP contribution in [0.4, 0.5) is 10.2 Å². The van der Waals surface area contributed by atoms with E-state index < -0.39 is 0 Å². The Labute approximate surface area is 163 Å². The van der Waals surface area contributed by atoms with Crippen LogP contribution >= 0.6 is 11.8 Å². The third-order valence-electron chi connectivity index (χ3n) is 4.24. The third kappa shape index (κ3) is 5.68. The van der Waals surface area contributed by atoms with E-state index in [1.54, 1.807) is 24.4 Å². The van der Waals surface area contributed by atoms with E-state index in [4.69, 9.17) is 4.74 Å². The maximum atomic E-state index is 13.6. The minimum Gasteiger partial charge on any atom is -0.372 e. The number of carbonyl (C=O) groups excluding carboxylic acids is 1. The number of morpholine rings is 1. The Morgan fingerprint density at radius 2 is 2.00 bits per heavy atom. The first-order valence-electron chi connectivity index (χ1n) is 9.00. The fourth-order valence-corrected chi connectivity index (χ4v) is 3.80. The summed E-state index contributed by atoms with van der Waals surface area (Å²) < 4.78 is 19.3. The third-order valence-corrected chi connectivity index (χ3v) is 5.29. The number of hydrogen-bond donors (Lipinski definition) is 1. The minimum atomic E-state index is -0.304. The average molecular weight is 389 g/mol. The van der Waals surface area contributed by atoms with E-state index in [1.807, 2.05) is 12.1 Å². The summed E-state index contributed by atoms with van der Waals surface area (Å²) in [6.45, 7) is 6.17. The number of nitrogens with one attached hydrogen (secondary N) is 1. The van der Waals surface area contributed by atoms with Crippen molar-refractivity contribution in [1.82, 2.24) is 10.3 Å². The van der Waals surface area contributed by atoms with Gasteiger partial charge in [-0.05, 0) is 37.6 Å². The molecular weight excluding hydrogens is 365 g/mol. The molecule has 0 saturated carbocycles. The molecule has 1 aromatic carbocycles. The molecular formula is C20H24FN3O2S. The Kier molecular flexibility index (Phi) is 6.68. The highest BCUT2D eigenvalue weighted by Crippen LogP contribution is 2.21. The van der Waals surface area contributed by atoms with Crippen LogP contribution < -0.4 is 10.2 Å². The Balaban J connectivity index is 1.47. The van der Waals surface area contributed by atoms with Gasteiger partial charge in [0.1, 0.15) is 11.6 Å². The molecule has 5 nitrogen and oxygen atoms in total. The van der Waals surface area contributed by atoms with Gasteiger partial charge in [-0.25, -0.2) is 9.37 Å². The number of nitrogens with zero attached hydrogens (tertiary/aromatic N) is 2. The van der Waals surface area contributed by atoms with Crippen LogP contribution in [0.1, 0.15) is 19.4 Å². The van der Waals surface area contributed by atoms with Crippen LogP contribution in [-0.2, 0) is 16.1 Å². The molecule has 7 heteroatoms. The van der Waals surface area contributed by atoms with E-state index in [1.165, 1.54) is 17.8 Å². The van der Waals surface area contributed by atoms with E-state index in [-0.39, 0.29) is 29.7 Å². The number of benzene rings is 1. The summed E-state index contributed by atoms with van der Waals surface area (Å²) in [4.78, 5) is 19.2. The molecule has 0 spiro atoms. The molecule has 0 radical (unpaired) electrons. The number of hydrogen-bond acceptors (Lipinski definition) is 5. The van der Waals surface area contributed by atoms with Crippen LogP contribution in [0.3, 0.4) is 0 Å². The van der Waals surface area contributed by atoms with Crippen molar-refractivity contribution >= 4 is 23.5 Å². The molecule has 1 saturated heterocycles. The second-order valence-electron chi connectivity index (χ2n) is 6.68. The monoisotopic (exact) mass is 389 g/mol. The number of aromatic nitrogens is 1. The molecule has 1 amide bonds. The number of rotatable bonds is 6. The number of ether oxygens (including phenoxy) is 1. The first kappa shape index (κ1) is 19.6. The molecule has 1 aliphatic heterocycles. The van der Waals surface area contributed by atoms with Crippen molar-refractivity contribution in [1.29, 1.82) is 0 Å². The molecule has 27 heavy (non-hydrogen) atoms. The molecule has 0 bridgehead atoms. The first-order valence-corrected chi connectivity index (χ1v) is 9.99. The number of thioether (sulfide) groups is 1. The average Bonchev–Trinajstić information content (AvgIpc) is 2.65. The van der Waals surface area contributed by atoms with Crippen molar-refractivity contribution in [2.24, 2.45) is 0 Å². The van der Waals surface area contributed by atoms with Crippen LogP contribution in [0, 0.1) is 5.82 Å². The van der Waals surface area contributed by atoms with E-state index in [2.05, 4.69) is 29.0 Å². The van der Waals surface area contributed by atoms with Crippen molar-refractivity contribution < 1.29 is 13.9 Å².